The average molecular weight is 498 g/mol. The number of halogens is 1. The highest BCUT2D eigenvalue weighted by molar-refractivity contribution is 7.99. The van der Waals surface area contributed by atoms with Crippen LogP contribution in [0.15, 0.2) is 58.8 Å². The number of phenolic OH excluding ortho intramolecular Hbond substituents is 1. The molecule has 1 fully saturated rings. The fourth-order valence-electron chi connectivity index (χ4n) is 4.13. The molecule has 0 unspecified atom stereocenters. The molecule has 0 bridgehead atoms. The Labute approximate surface area is 208 Å². The topological polar surface area (TPSA) is 92.4 Å². The number of rotatable bonds is 8. The minimum atomic E-state index is -0.207. The van der Waals surface area contributed by atoms with E-state index >= 15 is 0 Å². The second-order valence-corrected chi connectivity index (χ2v) is 9.64. The molecule has 1 aliphatic carbocycles. The van der Waals surface area contributed by atoms with E-state index in [1.807, 2.05) is 31.2 Å². The van der Waals surface area contributed by atoms with Crippen molar-refractivity contribution in [3.8, 4) is 17.1 Å². The molecule has 34 heavy (non-hydrogen) atoms. The maximum absolute atomic E-state index is 12.6. The molecule has 1 aliphatic rings. The van der Waals surface area contributed by atoms with Crippen molar-refractivity contribution in [3.05, 3.63) is 59.1 Å². The number of aromatic hydroxyl groups is 1. The number of amides is 1. The minimum absolute atomic E-state index is 0.182. The summed E-state index contributed by atoms with van der Waals surface area (Å²) >= 11 is 7.45. The van der Waals surface area contributed by atoms with E-state index in [1.165, 1.54) is 31.0 Å². The van der Waals surface area contributed by atoms with Gasteiger partial charge in [-0.1, -0.05) is 49.5 Å². The van der Waals surface area contributed by atoms with Gasteiger partial charge in [-0.15, -0.1) is 10.2 Å². The van der Waals surface area contributed by atoms with Crippen LogP contribution in [-0.4, -0.2) is 37.2 Å². The smallest absolute Gasteiger partial charge is 0.250 e. The van der Waals surface area contributed by atoms with Gasteiger partial charge in [0.15, 0.2) is 11.0 Å². The lowest BCUT2D eigenvalue weighted by Gasteiger charge is -2.25. The largest absolute Gasteiger partial charge is 0.508 e. The number of carbonyl (C=O) groups excluding carboxylic acids is 1. The summed E-state index contributed by atoms with van der Waals surface area (Å²) in [6.07, 6.45) is 6.42. The molecule has 7 nitrogen and oxygen atoms in total. The molecule has 0 aliphatic heterocycles. The maximum atomic E-state index is 12.6. The first-order valence-electron chi connectivity index (χ1n) is 11.5. The molecule has 1 heterocycles. The number of aromatic nitrogens is 3. The number of benzene rings is 2. The van der Waals surface area contributed by atoms with Crippen LogP contribution in [0.2, 0.25) is 5.02 Å². The molecule has 1 amide bonds. The molecule has 4 rings (SSSR count). The highest BCUT2D eigenvalue weighted by atomic mass is 35.5. The van der Waals surface area contributed by atoms with Gasteiger partial charge in [-0.25, -0.2) is 5.43 Å². The fourth-order valence-corrected chi connectivity index (χ4v) is 5.06. The molecule has 2 N–H and O–H groups in total. The first kappa shape index (κ1) is 24.3. The van der Waals surface area contributed by atoms with Crippen LogP contribution >= 0.6 is 23.4 Å². The molecule has 3 aromatic rings. The zero-order chi connectivity index (χ0) is 23.9. The third kappa shape index (κ3) is 5.98. The highest BCUT2D eigenvalue weighted by Crippen LogP contribution is 2.35. The second-order valence-electron chi connectivity index (χ2n) is 8.26. The molecule has 1 aromatic heterocycles. The Morgan fingerprint density at radius 2 is 1.82 bits per heavy atom. The standard InChI is InChI=1S/C25H28ClN5O2S/c1-2-22(17-10-14-21(32)15-11-17)27-28-23(33)16-34-25-30-29-24(18-8-12-19(26)13-9-18)31(25)20-6-4-3-5-7-20/h8-15,20,32H,2-7,16H2,1H3,(H,28,33)/b27-22+. The van der Waals surface area contributed by atoms with Crippen LogP contribution in [0.3, 0.4) is 0 Å². The zero-order valence-corrected chi connectivity index (χ0v) is 20.6. The van der Waals surface area contributed by atoms with E-state index in [0.717, 1.165) is 40.7 Å². The number of phenols is 1. The Morgan fingerprint density at radius 1 is 1.12 bits per heavy atom. The third-order valence-corrected chi connectivity index (χ3v) is 7.09. The van der Waals surface area contributed by atoms with E-state index in [9.17, 15) is 9.90 Å². The molecule has 0 radical (unpaired) electrons. The van der Waals surface area contributed by atoms with Gasteiger partial charge in [0.1, 0.15) is 5.75 Å². The molecule has 9 heteroatoms. The van der Waals surface area contributed by atoms with Gasteiger partial charge in [0.05, 0.1) is 11.5 Å². The number of carbonyl (C=O) groups is 1. The van der Waals surface area contributed by atoms with Gasteiger partial charge in [-0.2, -0.15) is 5.10 Å². The Hall–Kier alpha value is -2.84. The number of nitrogens with zero attached hydrogens (tertiary/aromatic N) is 4. The van der Waals surface area contributed by atoms with Crippen molar-refractivity contribution in [1.82, 2.24) is 20.2 Å². The first-order valence-corrected chi connectivity index (χ1v) is 12.9. The first-order chi connectivity index (χ1) is 16.5. The summed E-state index contributed by atoms with van der Waals surface area (Å²) in [6, 6.07) is 14.7. The average Bonchev–Trinajstić information content (AvgIpc) is 3.29. The van der Waals surface area contributed by atoms with Crippen LogP contribution in [0, 0.1) is 0 Å². The van der Waals surface area contributed by atoms with Crippen molar-refractivity contribution in [2.75, 3.05) is 5.75 Å². The lowest BCUT2D eigenvalue weighted by Crippen LogP contribution is -2.22. The Kier molecular flexibility index (Phi) is 8.24. The van der Waals surface area contributed by atoms with Crippen LogP contribution in [0.25, 0.3) is 11.4 Å². The van der Waals surface area contributed by atoms with Crippen LogP contribution in [-0.2, 0) is 4.79 Å². The highest BCUT2D eigenvalue weighted by Gasteiger charge is 2.24. The van der Waals surface area contributed by atoms with Crippen molar-refractivity contribution in [2.45, 2.75) is 56.6 Å². The predicted molar refractivity (Wildman–Crippen MR) is 136 cm³/mol. The summed E-state index contributed by atoms with van der Waals surface area (Å²) in [5.74, 6) is 0.979. The van der Waals surface area contributed by atoms with Gasteiger partial charge >= 0.3 is 0 Å². The second kappa shape index (κ2) is 11.5. The number of hydrazone groups is 1. The normalized spacial score (nSPS) is 14.8. The molecule has 0 saturated heterocycles. The summed E-state index contributed by atoms with van der Waals surface area (Å²) in [6.45, 7) is 1.97. The third-order valence-electron chi connectivity index (χ3n) is 5.89. The van der Waals surface area contributed by atoms with Crippen molar-refractivity contribution in [2.24, 2.45) is 5.10 Å². The minimum Gasteiger partial charge on any atom is -0.508 e. The number of hydrogen-bond donors (Lipinski definition) is 2. The van der Waals surface area contributed by atoms with Gasteiger partial charge in [0.2, 0.25) is 0 Å². The molecular formula is C25H28ClN5O2S. The summed E-state index contributed by atoms with van der Waals surface area (Å²) in [7, 11) is 0. The molecule has 0 atom stereocenters. The molecule has 0 spiro atoms. The lowest BCUT2D eigenvalue weighted by molar-refractivity contribution is -0.118. The van der Waals surface area contributed by atoms with Crippen molar-refractivity contribution < 1.29 is 9.90 Å². The molecule has 178 valence electrons. The van der Waals surface area contributed by atoms with Gasteiger partial charge in [-0.05, 0) is 73.4 Å². The number of hydrogen-bond acceptors (Lipinski definition) is 6. The number of nitrogens with one attached hydrogen (secondary N) is 1. The van der Waals surface area contributed by atoms with E-state index in [-0.39, 0.29) is 17.4 Å². The fraction of sp³-hybridized carbons (Fsp3) is 0.360. The Balaban J connectivity index is 1.48. The summed E-state index contributed by atoms with van der Waals surface area (Å²) in [5, 5.41) is 24.1. The van der Waals surface area contributed by atoms with Gasteiger partial charge in [-0.3, -0.25) is 9.36 Å². The summed E-state index contributed by atoms with van der Waals surface area (Å²) in [4.78, 5) is 12.6. The monoisotopic (exact) mass is 497 g/mol. The van der Waals surface area contributed by atoms with E-state index in [4.69, 9.17) is 11.6 Å². The van der Waals surface area contributed by atoms with Crippen LogP contribution in [0.4, 0.5) is 0 Å². The Morgan fingerprint density at radius 3 is 2.50 bits per heavy atom. The maximum Gasteiger partial charge on any atom is 0.250 e. The van der Waals surface area contributed by atoms with E-state index < -0.39 is 0 Å². The quantitative estimate of drug-likeness (QED) is 0.232. The van der Waals surface area contributed by atoms with E-state index in [2.05, 4.69) is 25.3 Å². The van der Waals surface area contributed by atoms with Gasteiger partial charge < -0.3 is 5.11 Å². The van der Waals surface area contributed by atoms with Crippen LogP contribution in [0.5, 0.6) is 5.75 Å². The van der Waals surface area contributed by atoms with E-state index in [0.29, 0.717) is 17.5 Å². The summed E-state index contributed by atoms with van der Waals surface area (Å²) in [5.41, 5.74) is 5.22. The van der Waals surface area contributed by atoms with Crippen LogP contribution < -0.4 is 5.43 Å². The van der Waals surface area contributed by atoms with Gasteiger partial charge in [0, 0.05) is 16.6 Å². The Bertz CT molecular complexity index is 1140. The summed E-state index contributed by atoms with van der Waals surface area (Å²) < 4.78 is 2.19. The SMILES string of the molecule is CC/C(=N\NC(=O)CSc1nnc(-c2ccc(Cl)cc2)n1C1CCCCC1)c1ccc(O)cc1. The van der Waals surface area contributed by atoms with Crippen molar-refractivity contribution >= 4 is 35.0 Å². The van der Waals surface area contributed by atoms with Gasteiger partial charge in [0.25, 0.3) is 5.91 Å². The lowest BCUT2D eigenvalue weighted by atomic mass is 9.95. The molecule has 2 aromatic carbocycles. The predicted octanol–water partition coefficient (Wildman–Crippen LogP) is 5.83. The molecular weight excluding hydrogens is 470 g/mol. The zero-order valence-electron chi connectivity index (χ0n) is 19.1. The van der Waals surface area contributed by atoms with Crippen molar-refractivity contribution in [3.63, 3.8) is 0 Å². The van der Waals surface area contributed by atoms with E-state index in [1.54, 1.807) is 24.3 Å². The number of thioether (sulfide) groups is 1. The molecule has 1 saturated carbocycles. The van der Waals surface area contributed by atoms with Crippen LogP contribution in [0.1, 0.15) is 57.1 Å². The van der Waals surface area contributed by atoms with Crippen molar-refractivity contribution in [1.29, 1.82) is 0 Å².